The number of benzene rings is 1. The standard InChI is InChI=1S/C19H21N5/c1-15-23-18(21-12-9-16-5-3-2-4-6-16)13-19(24-15)22-14-17-7-10-20-11-8-17/h2-8,10-11,13H,9,12,14H2,1H3,(H2,21,22,23,24). The molecule has 2 aromatic heterocycles. The van der Waals surface area contributed by atoms with Gasteiger partial charge in [-0.05, 0) is 36.6 Å². The van der Waals surface area contributed by atoms with E-state index in [1.165, 1.54) is 11.1 Å². The van der Waals surface area contributed by atoms with Gasteiger partial charge in [-0.25, -0.2) is 9.97 Å². The molecule has 0 atom stereocenters. The molecule has 2 heterocycles. The molecule has 0 aliphatic rings. The summed E-state index contributed by atoms with van der Waals surface area (Å²) in [5.74, 6) is 2.41. The van der Waals surface area contributed by atoms with Crippen molar-refractivity contribution in [2.45, 2.75) is 19.9 Å². The highest BCUT2D eigenvalue weighted by molar-refractivity contribution is 5.47. The third-order valence-electron chi connectivity index (χ3n) is 3.62. The van der Waals surface area contributed by atoms with E-state index >= 15 is 0 Å². The van der Waals surface area contributed by atoms with Gasteiger partial charge in [-0.2, -0.15) is 0 Å². The molecule has 1 aromatic carbocycles. The van der Waals surface area contributed by atoms with Crippen LogP contribution in [0, 0.1) is 6.92 Å². The predicted octanol–water partition coefficient (Wildman–Crippen LogP) is 3.45. The summed E-state index contributed by atoms with van der Waals surface area (Å²) in [5, 5.41) is 6.70. The number of aromatic nitrogens is 3. The molecule has 3 rings (SSSR count). The quantitative estimate of drug-likeness (QED) is 0.698. The van der Waals surface area contributed by atoms with Crippen molar-refractivity contribution in [2.75, 3.05) is 17.2 Å². The number of nitrogens with zero attached hydrogens (tertiary/aromatic N) is 3. The van der Waals surface area contributed by atoms with E-state index in [-0.39, 0.29) is 0 Å². The van der Waals surface area contributed by atoms with Crippen molar-refractivity contribution in [1.29, 1.82) is 0 Å². The monoisotopic (exact) mass is 319 g/mol. The maximum Gasteiger partial charge on any atom is 0.132 e. The van der Waals surface area contributed by atoms with E-state index in [2.05, 4.69) is 49.9 Å². The molecular weight excluding hydrogens is 298 g/mol. The molecule has 0 aliphatic carbocycles. The topological polar surface area (TPSA) is 62.7 Å². The van der Waals surface area contributed by atoms with Gasteiger partial charge in [-0.15, -0.1) is 0 Å². The van der Waals surface area contributed by atoms with Gasteiger partial charge in [0.25, 0.3) is 0 Å². The maximum absolute atomic E-state index is 4.45. The van der Waals surface area contributed by atoms with Crippen LogP contribution < -0.4 is 10.6 Å². The number of hydrogen-bond acceptors (Lipinski definition) is 5. The van der Waals surface area contributed by atoms with Gasteiger partial charge in [0.15, 0.2) is 0 Å². The lowest BCUT2D eigenvalue weighted by molar-refractivity contribution is 0.974. The fraction of sp³-hybridized carbons (Fsp3) is 0.211. The second-order valence-electron chi connectivity index (χ2n) is 5.56. The van der Waals surface area contributed by atoms with Gasteiger partial charge < -0.3 is 10.6 Å². The first kappa shape index (κ1) is 15.9. The molecule has 0 fully saturated rings. The SMILES string of the molecule is Cc1nc(NCCc2ccccc2)cc(NCc2ccncc2)n1. The minimum atomic E-state index is 0.711. The number of aryl methyl sites for hydroxylation is 1. The first-order chi connectivity index (χ1) is 11.8. The van der Waals surface area contributed by atoms with E-state index in [1.807, 2.05) is 31.2 Å². The van der Waals surface area contributed by atoms with E-state index in [1.54, 1.807) is 12.4 Å². The fourth-order valence-electron chi connectivity index (χ4n) is 2.42. The van der Waals surface area contributed by atoms with Crippen LogP contribution in [0.5, 0.6) is 0 Å². The summed E-state index contributed by atoms with van der Waals surface area (Å²) in [6.07, 6.45) is 4.54. The number of anilines is 2. The summed E-state index contributed by atoms with van der Waals surface area (Å²) in [4.78, 5) is 12.9. The molecule has 5 heteroatoms. The molecule has 0 saturated carbocycles. The third-order valence-corrected chi connectivity index (χ3v) is 3.62. The van der Waals surface area contributed by atoms with Gasteiger partial charge in [0.1, 0.15) is 17.5 Å². The number of hydrogen-bond donors (Lipinski definition) is 2. The Hall–Kier alpha value is -2.95. The largest absolute Gasteiger partial charge is 0.370 e. The lowest BCUT2D eigenvalue weighted by Gasteiger charge is -2.10. The molecule has 122 valence electrons. The van der Waals surface area contributed by atoms with Crippen LogP contribution in [0.3, 0.4) is 0 Å². The summed E-state index contributed by atoms with van der Waals surface area (Å²) >= 11 is 0. The zero-order valence-electron chi connectivity index (χ0n) is 13.7. The van der Waals surface area contributed by atoms with Crippen molar-refractivity contribution >= 4 is 11.6 Å². The summed E-state index contributed by atoms with van der Waals surface area (Å²) in [6.45, 7) is 3.45. The van der Waals surface area contributed by atoms with Gasteiger partial charge in [-0.3, -0.25) is 4.98 Å². The molecule has 0 spiro atoms. The normalized spacial score (nSPS) is 10.4. The van der Waals surface area contributed by atoms with Gasteiger partial charge in [0.2, 0.25) is 0 Å². The molecule has 0 aliphatic heterocycles. The van der Waals surface area contributed by atoms with E-state index in [0.29, 0.717) is 6.54 Å². The first-order valence-electron chi connectivity index (χ1n) is 8.06. The van der Waals surface area contributed by atoms with Gasteiger partial charge in [-0.1, -0.05) is 30.3 Å². The first-order valence-corrected chi connectivity index (χ1v) is 8.06. The molecule has 0 bridgehead atoms. The Labute approximate surface area is 142 Å². The van der Waals surface area contributed by atoms with E-state index in [4.69, 9.17) is 0 Å². The highest BCUT2D eigenvalue weighted by atomic mass is 15.1. The Bertz CT molecular complexity index is 759. The van der Waals surface area contributed by atoms with Crippen LogP contribution in [-0.4, -0.2) is 21.5 Å². The van der Waals surface area contributed by atoms with Crippen LogP contribution in [0.15, 0.2) is 60.9 Å². The summed E-state index contributed by atoms with van der Waals surface area (Å²) in [5.41, 5.74) is 2.48. The Balaban J connectivity index is 1.57. The number of pyridine rings is 1. The minimum Gasteiger partial charge on any atom is -0.370 e. The molecular formula is C19H21N5. The molecule has 0 amide bonds. The smallest absolute Gasteiger partial charge is 0.132 e. The average Bonchev–Trinajstić information content (AvgIpc) is 2.61. The average molecular weight is 319 g/mol. The molecule has 0 unspecified atom stereocenters. The highest BCUT2D eigenvalue weighted by Gasteiger charge is 2.02. The summed E-state index contributed by atoms with van der Waals surface area (Å²) < 4.78 is 0. The van der Waals surface area contributed by atoms with Crippen molar-refractivity contribution < 1.29 is 0 Å². The zero-order valence-corrected chi connectivity index (χ0v) is 13.7. The van der Waals surface area contributed by atoms with Crippen molar-refractivity contribution in [2.24, 2.45) is 0 Å². The molecule has 0 radical (unpaired) electrons. The second kappa shape index (κ2) is 8.06. The van der Waals surface area contributed by atoms with Gasteiger partial charge in [0.05, 0.1) is 0 Å². The summed E-state index contributed by atoms with van der Waals surface area (Å²) in [7, 11) is 0. The molecule has 0 saturated heterocycles. The van der Waals surface area contributed by atoms with E-state index in [0.717, 1.165) is 30.4 Å². The van der Waals surface area contributed by atoms with Crippen molar-refractivity contribution in [3.8, 4) is 0 Å². The van der Waals surface area contributed by atoms with Crippen LogP contribution in [-0.2, 0) is 13.0 Å². The number of rotatable bonds is 7. The molecule has 2 N–H and O–H groups in total. The van der Waals surface area contributed by atoms with Crippen LogP contribution in [0.25, 0.3) is 0 Å². The van der Waals surface area contributed by atoms with Crippen LogP contribution in [0.1, 0.15) is 17.0 Å². The lowest BCUT2D eigenvalue weighted by Crippen LogP contribution is -2.09. The van der Waals surface area contributed by atoms with Crippen LogP contribution in [0.2, 0.25) is 0 Å². The Kier molecular flexibility index (Phi) is 5.35. The van der Waals surface area contributed by atoms with Gasteiger partial charge >= 0.3 is 0 Å². The van der Waals surface area contributed by atoms with Crippen LogP contribution >= 0.6 is 0 Å². The number of nitrogens with one attached hydrogen (secondary N) is 2. The molecule has 24 heavy (non-hydrogen) atoms. The van der Waals surface area contributed by atoms with E-state index < -0.39 is 0 Å². The predicted molar refractivity (Wildman–Crippen MR) is 97.0 cm³/mol. The second-order valence-corrected chi connectivity index (χ2v) is 5.56. The molecule has 5 nitrogen and oxygen atoms in total. The minimum absolute atomic E-state index is 0.711. The maximum atomic E-state index is 4.45. The fourth-order valence-corrected chi connectivity index (χ4v) is 2.42. The van der Waals surface area contributed by atoms with Crippen molar-refractivity contribution in [3.05, 3.63) is 77.9 Å². The van der Waals surface area contributed by atoms with Crippen molar-refractivity contribution in [3.63, 3.8) is 0 Å². The Morgan fingerprint density at radius 3 is 2.29 bits per heavy atom. The zero-order chi connectivity index (χ0) is 16.6. The van der Waals surface area contributed by atoms with Gasteiger partial charge in [0, 0.05) is 31.5 Å². The van der Waals surface area contributed by atoms with Crippen molar-refractivity contribution in [1.82, 2.24) is 15.0 Å². The third kappa shape index (κ3) is 4.78. The molecule has 3 aromatic rings. The lowest BCUT2D eigenvalue weighted by atomic mass is 10.1. The van der Waals surface area contributed by atoms with E-state index in [9.17, 15) is 0 Å². The highest BCUT2D eigenvalue weighted by Crippen LogP contribution is 2.12. The Morgan fingerprint density at radius 1 is 0.833 bits per heavy atom. The van der Waals surface area contributed by atoms with Crippen LogP contribution in [0.4, 0.5) is 11.6 Å². The Morgan fingerprint density at radius 2 is 1.54 bits per heavy atom. The summed E-state index contributed by atoms with van der Waals surface area (Å²) in [6, 6.07) is 16.3.